The van der Waals surface area contributed by atoms with Crippen molar-refractivity contribution in [1.82, 2.24) is 15.3 Å². The predicted molar refractivity (Wildman–Crippen MR) is 118 cm³/mol. The summed E-state index contributed by atoms with van der Waals surface area (Å²) < 4.78 is 5.23. The Labute approximate surface area is 175 Å². The molecule has 0 aliphatic heterocycles. The Morgan fingerprint density at radius 2 is 1.83 bits per heavy atom. The number of ether oxygens (including phenoxy) is 1. The second-order valence-electron chi connectivity index (χ2n) is 6.79. The summed E-state index contributed by atoms with van der Waals surface area (Å²) >= 11 is 0. The molecule has 2 N–H and O–H groups in total. The molecule has 6 nitrogen and oxygen atoms in total. The van der Waals surface area contributed by atoms with Gasteiger partial charge in [0.05, 0.1) is 18.3 Å². The van der Waals surface area contributed by atoms with E-state index in [0.29, 0.717) is 17.9 Å². The normalized spacial score (nSPS) is 10.6. The maximum absolute atomic E-state index is 12.6. The quantitative estimate of drug-likeness (QED) is 0.484. The molecular weight excluding hydrogens is 376 g/mol. The molecular formula is C24H22N4O2. The molecule has 2 aromatic heterocycles. The van der Waals surface area contributed by atoms with Gasteiger partial charge >= 0.3 is 0 Å². The van der Waals surface area contributed by atoms with Gasteiger partial charge in [0.25, 0.3) is 5.91 Å². The molecule has 2 heterocycles. The van der Waals surface area contributed by atoms with Crippen LogP contribution in [0, 0.1) is 0 Å². The van der Waals surface area contributed by atoms with Crippen molar-refractivity contribution in [2.24, 2.45) is 0 Å². The zero-order valence-electron chi connectivity index (χ0n) is 16.6. The Balaban J connectivity index is 1.41. The molecule has 4 rings (SSSR count). The third-order valence-corrected chi connectivity index (χ3v) is 4.75. The summed E-state index contributed by atoms with van der Waals surface area (Å²) in [5.74, 6) is 1.26. The monoisotopic (exact) mass is 398 g/mol. The van der Waals surface area contributed by atoms with Crippen molar-refractivity contribution in [1.29, 1.82) is 0 Å². The first-order valence-corrected chi connectivity index (χ1v) is 9.71. The maximum Gasteiger partial charge on any atom is 0.251 e. The van der Waals surface area contributed by atoms with Gasteiger partial charge in [-0.1, -0.05) is 30.3 Å². The van der Waals surface area contributed by atoms with E-state index in [9.17, 15) is 4.79 Å². The van der Waals surface area contributed by atoms with E-state index in [4.69, 9.17) is 4.74 Å². The molecule has 30 heavy (non-hydrogen) atoms. The molecule has 6 heteroatoms. The molecule has 150 valence electrons. The summed E-state index contributed by atoms with van der Waals surface area (Å²) in [6, 6.07) is 21.1. The van der Waals surface area contributed by atoms with Crippen molar-refractivity contribution in [3.8, 4) is 5.75 Å². The van der Waals surface area contributed by atoms with Crippen molar-refractivity contribution >= 4 is 28.3 Å². The molecule has 0 bridgehead atoms. The third-order valence-electron chi connectivity index (χ3n) is 4.75. The number of para-hydroxylation sites is 1. The minimum Gasteiger partial charge on any atom is -0.497 e. The highest BCUT2D eigenvalue weighted by Crippen LogP contribution is 2.24. The van der Waals surface area contributed by atoms with Crippen LogP contribution in [-0.4, -0.2) is 29.5 Å². The summed E-state index contributed by atoms with van der Waals surface area (Å²) in [5.41, 5.74) is 3.35. The van der Waals surface area contributed by atoms with E-state index in [2.05, 4.69) is 20.6 Å². The van der Waals surface area contributed by atoms with Gasteiger partial charge in [-0.3, -0.25) is 9.78 Å². The fourth-order valence-corrected chi connectivity index (χ4v) is 3.23. The van der Waals surface area contributed by atoms with E-state index < -0.39 is 0 Å². The van der Waals surface area contributed by atoms with Crippen LogP contribution in [0.25, 0.3) is 10.9 Å². The topological polar surface area (TPSA) is 76.1 Å². The van der Waals surface area contributed by atoms with Crippen molar-refractivity contribution in [3.05, 3.63) is 90.3 Å². The highest BCUT2D eigenvalue weighted by atomic mass is 16.5. The second kappa shape index (κ2) is 9.05. The lowest BCUT2D eigenvalue weighted by molar-refractivity contribution is 0.0954. The first-order valence-electron chi connectivity index (χ1n) is 9.71. The molecule has 0 aliphatic rings. The molecule has 2 aromatic carbocycles. The molecule has 0 radical (unpaired) electrons. The Morgan fingerprint density at radius 3 is 2.73 bits per heavy atom. The number of amides is 1. The van der Waals surface area contributed by atoms with E-state index in [1.165, 1.54) is 0 Å². The van der Waals surface area contributed by atoms with Gasteiger partial charge in [0.2, 0.25) is 0 Å². The van der Waals surface area contributed by atoms with E-state index in [1.807, 2.05) is 54.6 Å². The molecule has 0 saturated heterocycles. The molecule has 1 amide bonds. The van der Waals surface area contributed by atoms with Gasteiger partial charge in [0.1, 0.15) is 11.6 Å². The predicted octanol–water partition coefficient (Wildman–Crippen LogP) is 4.35. The van der Waals surface area contributed by atoms with E-state index in [-0.39, 0.29) is 5.91 Å². The minimum atomic E-state index is -0.139. The summed E-state index contributed by atoms with van der Waals surface area (Å²) in [6.07, 6.45) is 4.10. The minimum absolute atomic E-state index is 0.139. The van der Waals surface area contributed by atoms with Gasteiger partial charge in [-0.2, -0.15) is 0 Å². The largest absolute Gasteiger partial charge is 0.497 e. The summed E-state index contributed by atoms with van der Waals surface area (Å²) in [4.78, 5) is 21.3. The lowest BCUT2D eigenvalue weighted by Crippen LogP contribution is -2.25. The number of hydrogen-bond donors (Lipinski definition) is 2. The molecule has 0 fully saturated rings. The average Bonchev–Trinajstić information content (AvgIpc) is 2.79. The second-order valence-corrected chi connectivity index (χ2v) is 6.79. The van der Waals surface area contributed by atoms with Crippen molar-refractivity contribution < 1.29 is 9.53 Å². The Morgan fingerprint density at radius 1 is 0.967 bits per heavy atom. The number of anilines is 2. The molecule has 0 spiro atoms. The average molecular weight is 398 g/mol. The van der Waals surface area contributed by atoms with Crippen LogP contribution >= 0.6 is 0 Å². The highest BCUT2D eigenvalue weighted by molar-refractivity contribution is 5.96. The molecule has 0 saturated carbocycles. The lowest BCUT2D eigenvalue weighted by atomic mass is 10.1. The Bertz CT molecular complexity index is 1170. The van der Waals surface area contributed by atoms with Crippen LogP contribution in [0.1, 0.15) is 15.9 Å². The number of pyridine rings is 2. The smallest absolute Gasteiger partial charge is 0.251 e. The van der Waals surface area contributed by atoms with Gasteiger partial charge in [0.15, 0.2) is 0 Å². The fourth-order valence-electron chi connectivity index (χ4n) is 3.23. The van der Waals surface area contributed by atoms with Gasteiger partial charge in [-0.05, 0) is 48.4 Å². The molecule has 0 atom stereocenters. The van der Waals surface area contributed by atoms with E-state index in [1.54, 1.807) is 31.6 Å². The molecule has 4 aromatic rings. The number of carbonyl (C=O) groups excluding carboxylic acids is 1. The van der Waals surface area contributed by atoms with Crippen LogP contribution < -0.4 is 15.4 Å². The number of fused-ring (bicyclic) bond motifs is 1. The number of rotatable bonds is 7. The van der Waals surface area contributed by atoms with Crippen molar-refractivity contribution in [2.45, 2.75) is 6.42 Å². The van der Waals surface area contributed by atoms with Crippen LogP contribution in [0.15, 0.2) is 79.1 Å². The Hall–Kier alpha value is -3.93. The number of nitrogens with zero attached hydrogens (tertiary/aromatic N) is 2. The zero-order valence-corrected chi connectivity index (χ0v) is 16.6. The van der Waals surface area contributed by atoms with Gasteiger partial charge < -0.3 is 15.4 Å². The van der Waals surface area contributed by atoms with Crippen molar-refractivity contribution in [3.63, 3.8) is 0 Å². The molecule has 0 unspecified atom stereocenters. The van der Waals surface area contributed by atoms with Crippen LogP contribution in [0.4, 0.5) is 11.5 Å². The Kier molecular flexibility index (Phi) is 5.85. The number of benzene rings is 2. The number of aromatic nitrogens is 2. The van der Waals surface area contributed by atoms with E-state index in [0.717, 1.165) is 34.3 Å². The van der Waals surface area contributed by atoms with Crippen LogP contribution in [0.3, 0.4) is 0 Å². The van der Waals surface area contributed by atoms with E-state index >= 15 is 0 Å². The van der Waals surface area contributed by atoms with Gasteiger partial charge in [-0.25, -0.2) is 4.98 Å². The lowest BCUT2D eigenvalue weighted by Gasteiger charge is -2.10. The van der Waals surface area contributed by atoms with Crippen LogP contribution in [0.2, 0.25) is 0 Å². The van der Waals surface area contributed by atoms with Crippen molar-refractivity contribution in [2.75, 3.05) is 19.0 Å². The number of methoxy groups -OCH3 is 1. The third kappa shape index (κ3) is 4.55. The maximum atomic E-state index is 12.6. The van der Waals surface area contributed by atoms with Gasteiger partial charge in [-0.15, -0.1) is 0 Å². The summed E-state index contributed by atoms with van der Waals surface area (Å²) in [7, 11) is 1.64. The standard InChI is InChI=1S/C24H22N4O2/c1-30-20-8-2-5-17(15-20)10-13-27-24(29)19-11-14-25-22(16-19)28-21-9-3-6-18-7-4-12-26-23(18)21/h2-9,11-12,14-16H,10,13H2,1H3,(H,25,28)(H,27,29). The number of nitrogens with one attached hydrogen (secondary N) is 2. The fraction of sp³-hybridized carbons (Fsp3) is 0.125. The van der Waals surface area contributed by atoms with Crippen LogP contribution in [0.5, 0.6) is 5.75 Å². The van der Waals surface area contributed by atoms with Crippen LogP contribution in [-0.2, 0) is 6.42 Å². The summed E-state index contributed by atoms with van der Waals surface area (Å²) in [6.45, 7) is 0.532. The summed E-state index contributed by atoms with van der Waals surface area (Å²) in [5, 5.41) is 7.26. The van der Waals surface area contributed by atoms with Gasteiger partial charge in [0, 0.05) is 29.9 Å². The number of hydrogen-bond acceptors (Lipinski definition) is 5. The zero-order chi connectivity index (χ0) is 20.8. The first-order chi connectivity index (χ1) is 14.7. The number of carbonyl (C=O) groups is 1. The molecule has 0 aliphatic carbocycles. The highest BCUT2D eigenvalue weighted by Gasteiger charge is 2.08. The first kappa shape index (κ1) is 19.4. The SMILES string of the molecule is COc1cccc(CCNC(=O)c2ccnc(Nc3cccc4cccnc34)c2)c1.